The van der Waals surface area contributed by atoms with Gasteiger partial charge in [-0.3, -0.25) is 14.4 Å². The minimum atomic E-state index is 0.898. The van der Waals surface area contributed by atoms with Gasteiger partial charge in [0.1, 0.15) is 5.52 Å². The number of rotatable bonds is 0. The molecule has 0 N–H and O–H groups in total. The molecule has 4 heterocycles. The van der Waals surface area contributed by atoms with Gasteiger partial charge < -0.3 is 0 Å². The van der Waals surface area contributed by atoms with Gasteiger partial charge in [0.05, 0.1) is 22.1 Å². The predicted octanol–water partition coefficient (Wildman–Crippen LogP) is 6.73. The second kappa shape index (κ2) is 6.10. The summed E-state index contributed by atoms with van der Waals surface area (Å²) in [4.78, 5) is 14.7. The van der Waals surface area contributed by atoms with Crippen LogP contribution in [0.5, 0.6) is 0 Å². The number of fused-ring (bicyclic) bond motifs is 15. The number of hydrogen-bond acceptors (Lipinski definition) is 3. The fourth-order valence-corrected chi connectivity index (χ4v) is 6.41. The van der Waals surface area contributed by atoms with E-state index in [1.54, 1.807) is 0 Å². The zero-order chi connectivity index (χ0) is 22.7. The van der Waals surface area contributed by atoms with E-state index in [0.717, 1.165) is 51.5 Å². The van der Waals surface area contributed by atoms with Crippen molar-refractivity contribution < 1.29 is 0 Å². The number of aromatic nitrogens is 4. The largest absolute Gasteiger partial charge is 0.289 e. The molecule has 0 amide bonds. The van der Waals surface area contributed by atoms with Crippen molar-refractivity contribution in [2.24, 2.45) is 0 Å². The standard InChI is InChI=1S/C31H18N4/c1-2-6-20-17(5-1)13-18-14-24-19(15-23(18)20)16-25-21(24)9-10-27-29(25)34-31-30-22(7-3-11-33-30)28-26(35(27)31)8-4-12-32-28/h1-12,14-15H,13,16H2. The van der Waals surface area contributed by atoms with Crippen molar-refractivity contribution in [3.63, 3.8) is 0 Å². The Kier molecular flexibility index (Phi) is 3.11. The van der Waals surface area contributed by atoms with Gasteiger partial charge >= 0.3 is 0 Å². The Morgan fingerprint density at radius 1 is 0.571 bits per heavy atom. The van der Waals surface area contributed by atoms with E-state index in [2.05, 4.69) is 65.1 Å². The maximum atomic E-state index is 5.24. The fraction of sp³-hybridized carbons (Fsp3) is 0.0645. The highest BCUT2D eigenvalue weighted by Gasteiger charge is 2.28. The summed E-state index contributed by atoms with van der Waals surface area (Å²) in [6.07, 6.45) is 5.62. The lowest BCUT2D eigenvalue weighted by Crippen LogP contribution is -1.94. The highest BCUT2D eigenvalue weighted by molar-refractivity contribution is 6.11. The van der Waals surface area contributed by atoms with Crippen LogP contribution in [-0.2, 0) is 12.8 Å². The van der Waals surface area contributed by atoms with E-state index in [4.69, 9.17) is 15.0 Å². The van der Waals surface area contributed by atoms with Crippen molar-refractivity contribution in [2.45, 2.75) is 12.8 Å². The molecule has 0 fully saturated rings. The molecule has 9 rings (SSSR count). The third-order valence-corrected chi connectivity index (χ3v) is 7.91. The molecule has 7 aromatic rings. The van der Waals surface area contributed by atoms with Gasteiger partial charge in [0.15, 0.2) is 5.65 Å². The number of benzene rings is 3. The minimum absolute atomic E-state index is 0.898. The quantitative estimate of drug-likeness (QED) is 0.243. The molecule has 0 atom stereocenters. The smallest absolute Gasteiger partial charge is 0.165 e. The van der Waals surface area contributed by atoms with Gasteiger partial charge in [0.2, 0.25) is 0 Å². The van der Waals surface area contributed by atoms with E-state index < -0.39 is 0 Å². The summed E-state index contributed by atoms with van der Waals surface area (Å²) in [7, 11) is 0. The number of nitrogens with zero attached hydrogens (tertiary/aromatic N) is 4. The van der Waals surface area contributed by atoms with Crippen molar-refractivity contribution in [3.05, 3.63) is 107 Å². The Hall–Kier alpha value is -4.57. The zero-order valence-electron chi connectivity index (χ0n) is 18.8. The first-order valence-electron chi connectivity index (χ1n) is 12.0. The molecule has 0 unspecified atom stereocenters. The Morgan fingerprint density at radius 2 is 1.34 bits per heavy atom. The second-order valence-electron chi connectivity index (χ2n) is 9.68. The van der Waals surface area contributed by atoms with Crippen LogP contribution in [0.25, 0.3) is 60.9 Å². The van der Waals surface area contributed by atoms with Gasteiger partial charge in [-0.1, -0.05) is 30.3 Å². The molecule has 0 saturated heterocycles. The van der Waals surface area contributed by atoms with E-state index in [9.17, 15) is 0 Å². The average molecular weight is 447 g/mol. The summed E-state index contributed by atoms with van der Waals surface area (Å²) < 4.78 is 2.24. The Bertz CT molecular complexity index is 2070. The van der Waals surface area contributed by atoms with Crippen molar-refractivity contribution in [1.82, 2.24) is 19.4 Å². The molecule has 2 aliphatic rings. The molecule has 0 radical (unpaired) electrons. The Balaban J connectivity index is 1.35. The summed E-state index contributed by atoms with van der Waals surface area (Å²) >= 11 is 0. The van der Waals surface area contributed by atoms with Crippen LogP contribution in [0.2, 0.25) is 0 Å². The highest BCUT2D eigenvalue weighted by Crippen LogP contribution is 2.46. The SMILES string of the molecule is c1ccc2c(c1)Cc1cc3c(cc1-2)Cc1c-3ccc2c1nc1c3ncccc3c3ncccc3n21. The fourth-order valence-electron chi connectivity index (χ4n) is 6.41. The molecule has 3 aromatic carbocycles. The lowest BCUT2D eigenvalue weighted by atomic mass is 9.98. The first-order valence-corrected chi connectivity index (χ1v) is 12.0. The second-order valence-corrected chi connectivity index (χ2v) is 9.68. The van der Waals surface area contributed by atoms with Crippen molar-refractivity contribution >= 4 is 38.6 Å². The van der Waals surface area contributed by atoms with E-state index in [-0.39, 0.29) is 0 Å². The summed E-state index contributed by atoms with van der Waals surface area (Å²) in [6.45, 7) is 0. The summed E-state index contributed by atoms with van der Waals surface area (Å²) in [5.41, 5.74) is 17.0. The predicted molar refractivity (Wildman–Crippen MR) is 140 cm³/mol. The molecule has 0 spiro atoms. The van der Waals surface area contributed by atoms with Gasteiger partial charge in [-0.2, -0.15) is 0 Å². The van der Waals surface area contributed by atoms with Crippen molar-refractivity contribution in [2.75, 3.05) is 0 Å². The van der Waals surface area contributed by atoms with Crippen molar-refractivity contribution in [1.29, 1.82) is 0 Å². The average Bonchev–Trinajstić information content (AvgIpc) is 3.58. The van der Waals surface area contributed by atoms with Gasteiger partial charge in [0, 0.05) is 24.2 Å². The molecular weight excluding hydrogens is 428 g/mol. The molecule has 0 bridgehead atoms. The summed E-state index contributed by atoms with van der Waals surface area (Å²) in [6, 6.07) is 26.4. The molecule has 0 saturated carbocycles. The molecule has 4 nitrogen and oxygen atoms in total. The van der Waals surface area contributed by atoms with E-state index in [1.165, 1.54) is 44.5 Å². The molecule has 35 heavy (non-hydrogen) atoms. The maximum Gasteiger partial charge on any atom is 0.165 e. The molecule has 4 heteroatoms. The van der Waals surface area contributed by atoms with Gasteiger partial charge in [0.25, 0.3) is 0 Å². The molecule has 4 aromatic heterocycles. The van der Waals surface area contributed by atoms with Crippen LogP contribution in [0.15, 0.2) is 85.2 Å². The highest BCUT2D eigenvalue weighted by atomic mass is 15.0. The monoisotopic (exact) mass is 446 g/mol. The number of imidazole rings is 1. The summed E-state index contributed by atoms with van der Waals surface area (Å²) in [5.74, 6) is 0. The van der Waals surface area contributed by atoms with E-state index in [0.29, 0.717) is 0 Å². The number of pyridine rings is 3. The van der Waals surface area contributed by atoms with Crippen LogP contribution >= 0.6 is 0 Å². The van der Waals surface area contributed by atoms with Crippen LogP contribution in [-0.4, -0.2) is 19.4 Å². The zero-order valence-corrected chi connectivity index (χ0v) is 18.8. The molecular formula is C31H18N4. The van der Waals surface area contributed by atoms with E-state index in [1.807, 2.05) is 24.5 Å². The molecule has 162 valence electrons. The van der Waals surface area contributed by atoms with Crippen LogP contribution in [0.3, 0.4) is 0 Å². The summed E-state index contributed by atoms with van der Waals surface area (Å²) in [5, 5.41) is 1.04. The van der Waals surface area contributed by atoms with Gasteiger partial charge in [-0.05, 0) is 93.4 Å². The van der Waals surface area contributed by atoms with E-state index >= 15 is 0 Å². The van der Waals surface area contributed by atoms with Gasteiger partial charge in [-0.25, -0.2) is 4.98 Å². The third kappa shape index (κ3) is 2.15. The normalized spacial score (nSPS) is 13.5. The Morgan fingerprint density at radius 3 is 2.29 bits per heavy atom. The Labute approximate surface area is 200 Å². The first kappa shape index (κ1) is 17.8. The topological polar surface area (TPSA) is 43.1 Å². The third-order valence-electron chi connectivity index (χ3n) is 7.91. The van der Waals surface area contributed by atoms with Crippen LogP contribution < -0.4 is 0 Å². The molecule has 2 aliphatic carbocycles. The number of hydrogen-bond donors (Lipinski definition) is 0. The minimum Gasteiger partial charge on any atom is -0.289 e. The van der Waals surface area contributed by atoms with Crippen LogP contribution in [0.4, 0.5) is 0 Å². The van der Waals surface area contributed by atoms with Gasteiger partial charge in [-0.15, -0.1) is 0 Å². The van der Waals surface area contributed by atoms with Crippen molar-refractivity contribution in [3.8, 4) is 22.3 Å². The maximum absolute atomic E-state index is 5.24. The lowest BCUT2D eigenvalue weighted by molar-refractivity contribution is 1.24. The van der Waals surface area contributed by atoms with Crippen LogP contribution in [0.1, 0.15) is 22.3 Å². The molecule has 0 aliphatic heterocycles. The lowest BCUT2D eigenvalue weighted by Gasteiger charge is -2.07. The van der Waals surface area contributed by atoms with Crippen LogP contribution in [0, 0.1) is 0 Å². The first-order chi connectivity index (χ1) is 17.3.